The summed E-state index contributed by atoms with van der Waals surface area (Å²) in [5.41, 5.74) is 0. The molecule has 0 radical (unpaired) electrons. The van der Waals surface area contributed by atoms with E-state index in [9.17, 15) is 0 Å². The van der Waals surface area contributed by atoms with Crippen molar-refractivity contribution in [2.75, 3.05) is 0 Å². The van der Waals surface area contributed by atoms with Crippen molar-refractivity contribution in [1.82, 2.24) is 15.3 Å². The van der Waals surface area contributed by atoms with E-state index in [1.54, 1.807) is 12.4 Å². The summed E-state index contributed by atoms with van der Waals surface area (Å²) in [6, 6.07) is 2.40. The van der Waals surface area contributed by atoms with Crippen molar-refractivity contribution >= 4 is 0 Å². The molecular formula is C13H23N3. The molecule has 0 saturated carbocycles. The van der Waals surface area contributed by atoms with Crippen molar-refractivity contribution in [3.63, 3.8) is 0 Å². The number of hydrogen-bond donors (Lipinski definition) is 1. The summed E-state index contributed by atoms with van der Waals surface area (Å²) < 4.78 is 0. The topological polar surface area (TPSA) is 37.8 Å². The summed E-state index contributed by atoms with van der Waals surface area (Å²) >= 11 is 0. The second-order valence-electron chi connectivity index (χ2n) is 4.30. The van der Waals surface area contributed by atoms with Crippen LogP contribution < -0.4 is 5.32 Å². The Labute approximate surface area is 98.7 Å². The molecule has 0 aliphatic rings. The summed E-state index contributed by atoms with van der Waals surface area (Å²) in [6.45, 7) is 5.25. The third-order valence-corrected chi connectivity index (χ3v) is 2.72. The zero-order chi connectivity index (χ0) is 11.6. The Kier molecular flexibility index (Phi) is 6.74. The normalized spacial score (nSPS) is 12.6. The molecule has 0 saturated heterocycles. The van der Waals surface area contributed by atoms with Crippen LogP contribution in [0.15, 0.2) is 18.5 Å². The van der Waals surface area contributed by atoms with Gasteiger partial charge in [-0.15, -0.1) is 0 Å². The van der Waals surface area contributed by atoms with E-state index in [1.165, 1.54) is 32.1 Å². The Morgan fingerprint density at radius 1 is 1.19 bits per heavy atom. The van der Waals surface area contributed by atoms with Crippen molar-refractivity contribution < 1.29 is 0 Å². The predicted molar refractivity (Wildman–Crippen MR) is 67.1 cm³/mol. The Hall–Kier alpha value is -0.960. The lowest BCUT2D eigenvalue weighted by Crippen LogP contribution is -2.26. The second kappa shape index (κ2) is 8.22. The molecule has 3 nitrogen and oxygen atoms in total. The Bertz CT molecular complexity index is 261. The van der Waals surface area contributed by atoms with Gasteiger partial charge in [0.2, 0.25) is 0 Å². The maximum Gasteiger partial charge on any atom is 0.141 e. The highest BCUT2D eigenvalue weighted by Crippen LogP contribution is 2.05. The number of hydrogen-bond acceptors (Lipinski definition) is 3. The molecule has 0 aliphatic heterocycles. The van der Waals surface area contributed by atoms with Crippen LogP contribution in [0.1, 0.15) is 51.8 Å². The fourth-order valence-electron chi connectivity index (χ4n) is 1.67. The number of rotatable bonds is 8. The number of aromatic nitrogens is 2. The summed E-state index contributed by atoms with van der Waals surface area (Å²) in [5.74, 6) is 0.878. The van der Waals surface area contributed by atoms with Crippen LogP contribution in [0.2, 0.25) is 0 Å². The van der Waals surface area contributed by atoms with Gasteiger partial charge in [-0.1, -0.05) is 32.6 Å². The largest absolute Gasteiger partial charge is 0.307 e. The maximum absolute atomic E-state index is 4.19. The molecule has 3 heteroatoms. The highest BCUT2D eigenvalue weighted by molar-refractivity contribution is 4.88. The monoisotopic (exact) mass is 221 g/mol. The van der Waals surface area contributed by atoms with Crippen LogP contribution >= 0.6 is 0 Å². The van der Waals surface area contributed by atoms with Gasteiger partial charge in [0.25, 0.3) is 0 Å². The molecule has 1 heterocycles. The first-order chi connectivity index (χ1) is 7.83. The van der Waals surface area contributed by atoms with E-state index >= 15 is 0 Å². The van der Waals surface area contributed by atoms with Gasteiger partial charge in [0.05, 0.1) is 6.54 Å². The SMILES string of the molecule is CCCCCCC(C)NCc1ncccn1. The average molecular weight is 221 g/mol. The molecule has 1 atom stereocenters. The van der Waals surface area contributed by atoms with Gasteiger partial charge in [-0.2, -0.15) is 0 Å². The van der Waals surface area contributed by atoms with Gasteiger partial charge in [0.15, 0.2) is 0 Å². The quantitative estimate of drug-likeness (QED) is 0.686. The zero-order valence-electron chi connectivity index (χ0n) is 10.4. The third-order valence-electron chi connectivity index (χ3n) is 2.72. The van der Waals surface area contributed by atoms with Crippen molar-refractivity contribution in [3.05, 3.63) is 24.3 Å². The van der Waals surface area contributed by atoms with Crippen molar-refractivity contribution in [2.45, 2.75) is 58.5 Å². The standard InChI is InChI=1S/C13H23N3/c1-3-4-5-6-8-12(2)16-11-13-14-9-7-10-15-13/h7,9-10,12,16H,3-6,8,11H2,1-2H3. The smallest absolute Gasteiger partial charge is 0.141 e. The van der Waals surface area contributed by atoms with Gasteiger partial charge in [-0.05, 0) is 19.4 Å². The molecular weight excluding hydrogens is 198 g/mol. The minimum absolute atomic E-state index is 0.556. The van der Waals surface area contributed by atoms with Gasteiger partial charge in [0.1, 0.15) is 5.82 Å². The predicted octanol–water partition coefficient (Wildman–Crippen LogP) is 2.93. The van der Waals surface area contributed by atoms with E-state index in [-0.39, 0.29) is 0 Å². The van der Waals surface area contributed by atoms with Gasteiger partial charge >= 0.3 is 0 Å². The molecule has 0 spiro atoms. The molecule has 0 amide bonds. The van der Waals surface area contributed by atoms with E-state index in [2.05, 4.69) is 29.1 Å². The molecule has 1 N–H and O–H groups in total. The fraction of sp³-hybridized carbons (Fsp3) is 0.692. The van der Waals surface area contributed by atoms with Crippen LogP contribution in [0, 0.1) is 0 Å². The molecule has 0 aliphatic carbocycles. The average Bonchev–Trinajstić information content (AvgIpc) is 2.33. The van der Waals surface area contributed by atoms with E-state index in [4.69, 9.17) is 0 Å². The molecule has 1 unspecified atom stereocenters. The first kappa shape index (κ1) is 13.1. The molecule has 16 heavy (non-hydrogen) atoms. The van der Waals surface area contributed by atoms with Gasteiger partial charge in [0, 0.05) is 18.4 Å². The van der Waals surface area contributed by atoms with Crippen molar-refractivity contribution in [1.29, 1.82) is 0 Å². The molecule has 0 fully saturated rings. The fourth-order valence-corrected chi connectivity index (χ4v) is 1.67. The highest BCUT2D eigenvalue weighted by atomic mass is 15.0. The minimum Gasteiger partial charge on any atom is -0.307 e. The minimum atomic E-state index is 0.556. The molecule has 0 aromatic carbocycles. The Morgan fingerprint density at radius 3 is 2.62 bits per heavy atom. The van der Waals surface area contributed by atoms with Crippen LogP contribution in [0.4, 0.5) is 0 Å². The van der Waals surface area contributed by atoms with Gasteiger partial charge in [-0.3, -0.25) is 0 Å². The lowest BCUT2D eigenvalue weighted by atomic mass is 10.1. The first-order valence-corrected chi connectivity index (χ1v) is 6.32. The van der Waals surface area contributed by atoms with Crippen LogP contribution in [0.5, 0.6) is 0 Å². The number of unbranched alkanes of at least 4 members (excludes halogenated alkanes) is 3. The molecule has 0 bridgehead atoms. The molecule has 1 aromatic heterocycles. The lowest BCUT2D eigenvalue weighted by molar-refractivity contribution is 0.476. The van der Waals surface area contributed by atoms with Crippen molar-refractivity contribution in [3.8, 4) is 0 Å². The summed E-state index contributed by atoms with van der Waals surface area (Å²) in [4.78, 5) is 8.37. The van der Waals surface area contributed by atoms with Crippen LogP contribution in [-0.2, 0) is 6.54 Å². The van der Waals surface area contributed by atoms with E-state index in [1.807, 2.05) is 6.07 Å². The van der Waals surface area contributed by atoms with Crippen LogP contribution in [0.25, 0.3) is 0 Å². The summed E-state index contributed by atoms with van der Waals surface area (Å²) in [7, 11) is 0. The highest BCUT2D eigenvalue weighted by Gasteiger charge is 2.02. The maximum atomic E-state index is 4.19. The van der Waals surface area contributed by atoms with Crippen molar-refractivity contribution in [2.24, 2.45) is 0 Å². The van der Waals surface area contributed by atoms with E-state index in [0.717, 1.165) is 12.4 Å². The molecule has 1 aromatic rings. The Morgan fingerprint density at radius 2 is 1.94 bits per heavy atom. The lowest BCUT2D eigenvalue weighted by Gasteiger charge is -2.12. The summed E-state index contributed by atoms with van der Waals surface area (Å²) in [6.07, 6.45) is 10.1. The first-order valence-electron chi connectivity index (χ1n) is 6.32. The number of nitrogens with one attached hydrogen (secondary N) is 1. The molecule has 1 rings (SSSR count). The van der Waals surface area contributed by atoms with E-state index in [0.29, 0.717) is 6.04 Å². The zero-order valence-corrected chi connectivity index (χ0v) is 10.4. The Balaban J connectivity index is 2.08. The third kappa shape index (κ3) is 5.81. The van der Waals surface area contributed by atoms with Crippen LogP contribution in [0.3, 0.4) is 0 Å². The number of nitrogens with zero attached hydrogens (tertiary/aromatic N) is 2. The van der Waals surface area contributed by atoms with Gasteiger partial charge in [-0.25, -0.2) is 9.97 Å². The van der Waals surface area contributed by atoms with E-state index < -0.39 is 0 Å². The van der Waals surface area contributed by atoms with Crippen LogP contribution in [-0.4, -0.2) is 16.0 Å². The molecule has 90 valence electrons. The second-order valence-corrected chi connectivity index (χ2v) is 4.30. The summed E-state index contributed by atoms with van der Waals surface area (Å²) in [5, 5.41) is 3.45. The van der Waals surface area contributed by atoms with Gasteiger partial charge < -0.3 is 5.32 Å².